The molecular weight excluding hydrogens is 288 g/mol. The number of carbonyl (C=O) groups excluding carboxylic acids is 1. The van der Waals surface area contributed by atoms with Gasteiger partial charge in [0.1, 0.15) is 0 Å². The third-order valence-corrected chi connectivity index (χ3v) is 4.46. The Morgan fingerprint density at radius 2 is 1.86 bits per heavy atom. The second kappa shape index (κ2) is 5.24. The molecule has 0 saturated carbocycles. The van der Waals surface area contributed by atoms with Crippen LogP contribution in [-0.2, 0) is 7.05 Å². The fraction of sp³-hybridized carbons (Fsp3) is 0.400. The highest BCUT2D eigenvalue weighted by molar-refractivity contribution is 6.34. The van der Waals surface area contributed by atoms with Gasteiger partial charge in [-0.3, -0.25) is 4.79 Å². The first-order valence-corrected chi connectivity index (χ1v) is 7.37. The van der Waals surface area contributed by atoms with Crippen molar-refractivity contribution in [2.75, 3.05) is 39.0 Å². The van der Waals surface area contributed by atoms with Crippen LogP contribution in [0.15, 0.2) is 18.3 Å². The molecule has 112 valence electrons. The summed E-state index contributed by atoms with van der Waals surface area (Å²) in [6.45, 7) is 3.33. The Hall–Kier alpha value is -1.72. The molecule has 1 saturated heterocycles. The minimum atomic E-state index is 0.0644. The van der Waals surface area contributed by atoms with Crippen molar-refractivity contribution in [3.8, 4) is 0 Å². The van der Waals surface area contributed by atoms with Crippen LogP contribution < -0.4 is 5.73 Å². The van der Waals surface area contributed by atoms with E-state index < -0.39 is 0 Å². The van der Waals surface area contributed by atoms with Crippen LogP contribution in [0.5, 0.6) is 0 Å². The molecule has 3 rings (SSSR count). The number of nitrogen functional groups attached to an aromatic ring is 1. The maximum atomic E-state index is 12.7. The molecular formula is C15H19ClN4O. The van der Waals surface area contributed by atoms with E-state index in [1.54, 1.807) is 6.07 Å². The van der Waals surface area contributed by atoms with Gasteiger partial charge in [0.25, 0.3) is 5.91 Å². The molecule has 0 spiro atoms. The Kier molecular flexibility index (Phi) is 3.55. The van der Waals surface area contributed by atoms with Gasteiger partial charge in [0.05, 0.1) is 21.8 Å². The number of halogens is 1. The molecule has 0 atom stereocenters. The first-order valence-electron chi connectivity index (χ1n) is 6.99. The number of rotatable bonds is 1. The number of amides is 1. The number of likely N-dealkylation sites (N-methyl/N-ethyl adjacent to an activating group) is 1. The molecule has 0 unspecified atom stereocenters. The quantitative estimate of drug-likeness (QED) is 0.818. The largest absolute Gasteiger partial charge is 0.397 e. The first kappa shape index (κ1) is 14.2. The van der Waals surface area contributed by atoms with Crippen molar-refractivity contribution in [3.63, 3.8) is 0 Å². The number of carbonyl (C=O) groups is 1. The lowest BCUT2D eigenvalue weighted by atomic mass is 10.1. The van der Waals surface area contributed by atoms with E-state index in [1.807, 2.05) is 28.8 Å². The third kappa shape index (κ3) is 2.47. The average molecular weight is 307 g/mol. The van der Waals surface area contributed by atoms with Crippen molar-refractivity contribution in [1.82, 2.24) is 14.4 Å². The average Bonchev–Trinajstić information content (AvgIpc) is 2.76. The summed E-state index contributed by atoms with van der Waals surface area (Å²) >= 11 is 6.11. The van der Waals surface area contributed by atoms with Gasteiger partial charge < -0.3 is 20.1 Å². The van der Waals surface area contributed by atoms with E-state index in [4.69, 9.17) is 17.3 Å². The smallest absolute Gasteiger partial charge is 0.256 e. The van der Waals surface area contributed by atoms with Gasteiger partial charge in [-0.05, 0) is 19.2 Å². The number of aromatic nitrogens is 1. The molecule has 6 heteroatoms. The highest BCUT2D eigenvalue weighted by Crippen LogP contribution is 2.30. The molecule has 0 bridgehead atoms. The summed E-state index contributed by atoms with van der Waals surface area (Å²) in [5.41, 5.74) is 8.00. The number of piperazine rings is 1. The molecule has 1 fully saturated rings. The molecule has 1 aromatic carbocycles. The maximum Gasteiger partial charge on any atom is 0.256 e. The normalized spacial score (nSPS) is 16.6. The molecule has 0 aliphatic carbocycles. The number of fused-ring (bicyclic) bond motifs is 1. The third-order valence-electron chi connectivity index (χ3n) is 4.13. The maximum absolute atomic E-state index is 12.7. The Morgan fingerprint density at radius 3 is 2.52 bits per heavy atom. The minimum Gasteiger partial charge on any atom is -0.397 e. The molecule has 1 aliphatic heterocycles. The standard InChI is InChI=1S/C15H19ClN4O/c1-18-3-5-20(6-4-18)15(21)11-9-19(2)14-8-13(17)12(16)7-10(11)14/h7-9H,3-6,17H2,1-2H3. The van der Waals surface area contributed by atoms with E-state index in [0.29, 0.717) is 16.3 Å². The van der Waals surface area contributed by atoms with Gasteiger partial charge in [-0.25, -0.2) is 0 Å². The highest BCUT2D eigenvalue weighted by atomic mass is 35.5. The summed E-state index contributed by atoms with van der Waals surface area (Å²) in [5.74, 6) is 0.0644. The monoisotopic (exact) mass is 306 g/mol. The molecule has 5 nitrogen and oxygen atoms in total. The van der Waals surface area contributed by atoms with E-state index in [2.05, 4.69) is 11.9 Å². The zero-order valence-electron chi connectivity index (χ0n) is 12.3. The van der Waals surface area contributed by atoms with E-state index in [0.717, 1.165) is 37.1 Å². The van der Waals surface area contributed by atoms with Gasteiger partial charge in [-0.1, -0.05) is 11.6 Å². The molecule has 2 heterocycles. The Labute approximate surface area is 128 Å². The van der Waals surface area contributed by atoms with Gasteiger partial charge in [-0.2, -0.15) is 0 Å². The number of anilines is 1. The second-order valence-electron chi connectivity index (χ2n) is 5.64. The van der Waals surface area contributed by atoms with Crippen LogP contribution in [0.4, 0.5) is 5.69 Å². The molecule has 1 aromatic heterocycles. The summed E-state index contributed by atoms with van der Waals surface area (Å²) < 4.78 is 1.92. The lowest BCUT2D eigenvalue weighted by Crippen LogP contribution is -2.47. The number of nitrogens with two attached hydrogens (primary N) is 1. The topological polar surface area (TPSA) is 54.5 Å². The van der Waals surface area contributed by atoms with Crippen LogP contribution >= 0.6 is 11.6 Å². The van der Waals surface area contributed by atoms with E-state index in [1.165, 1.54) is 0 Å². The van der Waals surface area contributed by atoms with Crippen LogP contribution in [0, 0.1) is 0 Å². The van der Waals surface area contributed by atoms with Crippen molar-refractivity contribution in [1.29, 1.82) is 0 Å². The van der Waals surface area contributed by atoms with Crippen molar-refractivity contribution in [3.05, 3.63) is 28.9 Å². The van der Waals surface area contributed by atoms with Gasteiger partial charge in [0.15, 0.2) is 0 Å². The van der Waals surface area contributed by atoms with Crippen LogP contribution in [0.25, 0.3) is 10.9 Å². The lowest BCUT2D eigenvalue weighted by Gasteiger charge is -2.32. The molecule has 0 radical (unpaired) electrons. The van der Waals surface area contributed by atoms with Crippen molar-refractivity contribution >= 4 is 34.1 Å². The number of hydrogen-bond acceptors (Lipinski definition) is 3. The van der Waals surface area contributed by atoms with Crippen LogP contribution in [0.3, 0.4) is 0 Å². The summed E-state index contributed by atoms with van der Waals surface area (Å²) in [7, 11) is 3.98. The fourth-order valence-corrected chi connectivity index (χ4v) is 2.93. The van der Waals surface area contributed by atoms with E-state index >= 15 is 0 Å². The van der Waals surface area contributed by atoms with E-state index in [9.17, 15) is 4.79 Å². The highest BCUT2D eigenvalue weighted by Gasteiger charge is 2.23. The second-order valence-corrected chi connectivity index (χ2v) is 6.05. The number of benzene rings is 1. The Bertz CT molecular complexity index is 701. The van der Waals surface area contributed by atoms with Crippen molar-refractivity contribution < 1.29 is 4.79 Å². The van der Waals surface area contributed by atoms with Gasteiger partial charge >= 0.3 is 0 Å². The summed E-state index contributed by atoms with van der Waals surface area (Å²) in [6, 6.07) is 3.61. The number of aryl methyl sites for hydroxylation is 1. The van der Waals surface area contributed by atoms with Crippen molar-refractivity contribution in [2.24, 2.45) is 7.05 Å². The molecule has 2 N–H and O–H groups in total. The van der Waals surface area contributed by atoms with Gasteiger partial charge in [-0.15, -0.1) is 0 Å². The predicted octanol–water partition coefficient (Wildman–Crippen LogP) is 1.80. The van der Waals surface area contributed by atoms with E-state index in [-0.39, 0.29) is 5.91 Å². The predicted molar refractivity (Wildman–Crippen MR) is 85.7 cm³/mol. The van der Waals surface area contributed by atoms with Gasteiger partial charge in [0, 0.05) is 44.8 Å². The number of hydrogen-bond donors (Lipinski definition) is 1. The molecule has 1 amide bonds. The molecule has 21 heavy (non-hydrogen) atoms. The number of nitrogens with zero attached hydrogens (tertiary/aromatic N) is 3. The van der Waals surface area contributed by atoms with Gasteiger partial charge in [0.2, 0.25) is 0 Å². The molecule has 2 aromatic rings. The van der Waals surface area contributed by atoms with Crippen LogP contribution in [0.1, 0.15) is 10.4 Å². The first-order chi connectivity index (χ1) is 9.97. The Balaban J connectivity index is 2.00. The summed E-state index contributed by atoms with van der Waals surface area (Å²) in [4.78, 5) is 16.9. The SMILES string of the molecule is CN1CCN(C(=O)c2cn(C)c3cc(N)c(Cl)cc23)CC1. The molecule has 1 aliphatic rings. The lowest BCUT2D eigenvalue weighted by molar-refractivity contribution is 0.0666. The summed E-state index contributed by atoms with van der Waals surface area (Å²) in [5, 5.41) is 1.35. The van der Waals surface area contributed by atoms with Crippen molar-refractivity contribution in [2.45, 2.75) is 0 Å². The summed E-state index contributed by atoms with van der Waals surface area (Å²) in [6.07, 6.45) is 1.86. The minimum absolute atomic E-state index is 0.0644. The van der Waals surface area contributed by atoms with Crippen LogP contribution in [-0.4, -0.2) is 53.5 Å². The zero-order valence-corrected chi connectivity index (χ0v) is 13.0. The van der Waals surface area contributed by atoms with Crippen LogP contribution in [0.2, 0.25) is 5.02 Å². The Morgan fingerprint density at radius 1 is 1.19 bits per heavy atom. The fourth-order valence-electron chi connectivity index (χ4n) is 2.77. The zero-order chi connectivity index (χ0) is 15.1.